The van der Waals surface area contributed by atoms with Crippen molar-refractivity contribution in [2.24, 2.45) is 5.92 Å². The fourth-order valence-corrected chi connectivity index (χ4v) is 1.21. The van der Waals surface area contributed by atoms with Gasteiger partial charge in [0.15, 0.2) is 0 Å². The Bertz CT molecular complexity index is 245. The van der Waals surface area contributed by atoms with Gasteiger partial charge in [-0.2, -0.15) is 0 Å². The van der Waals surface area contributed by atoms with Crippen LogP contribution in [0.4, 0.5) is 0 Å². The van der Waals surface area contributed by atoms with Crippen LogP contribution < -0.4 is 4.74 Å². The average Bonchev–Trinajstić information content (AvgIpc) is 2.04. The van der Waals surface area contributed by atoms with E-state index in [4.69, 9.17) is 4.74 Å². The first kappa shape index (κ1) is 9.04. The molecule has 0 spiro atoms. The van der Waals surface area contributed by atoms with Crippen molar-refractivity contribution < 1.29 is 4.74 Å². The molecule has 1 rings (SSSR count). The van der Waals surface area contributed by atoms with Crippen molar-refractivity contribution in [2.45, 2.75) is 20.3 Å². The first-order chi connectivity index (χ1) is 5.74. The summed E-state index contributed by atoms with van der Waals surface area (Å²) in [5.41, 5.74) is 1.19. The molecule has 0 aliphatic rings. The van der Waals surface area contributed by atoms with E-state index in [0.29, 0.717) is 5.92 Å². The average molecular weight is 165 g/mol. The second kappa shape index (κ2) is 4.10. The molecule has 0 amide bonds. The molecule has 0 unspecified atom stereocenters. The van der Waals surface area contributed by atoms with Gasteiger partial charge in [-0.05, 0) is 18.4 Å². The maximum atomic E-state index is 5.21. The summed E-state index contributed by atoms with van der Waals surface area (Å²) < 4.78 is 5.21. The molecule has 0 aliphatic carbocycles. The van der Waals surface area contributed by atoms with Crippen LogP contribution in [0.1, 0.15) is 19.4 Å². The van der Waals surface area contributed by atoms with Gasteiger partial charge >= 0.3 is 0 Å². The molecule has 12 heavy (non-hydrogen) atoms. The van der Waals surface area contributed by atoms with Gasteiger partial charge < -0.3 is 4.74 Å². The highest BCUT2D eigenvalue weighted by atomic mass is 16.5. The number of hydrogen-bond acceptors (Lipinski definition) is 2. The normalized spacial score (nSPS) is 10.3. The number of ether oxygens (including phenoxy) is 1. The van der Waals surface area contributed by atoms with Crippen LogP contribution in [0.25, 0.3) is 0 Å². The monoisotopic (exact) mass is 165 g/mol. The van der Waals surface area contributed by atoms with Gasteiger partial charge in [0.05, 0.1) is 7.11 Å². The van der Waals surface area contributed by atoms with Crippen LogP contribution >= 0.6 is 0 Å². The molecule has 0 saturated heterocycles. The molecule has 0 radical (unpaired) electrons. The predicted molar refractivity (Wildman–Crippen MR) is 49.3 cm³/mol. The highest BCUT2D eigenvalue weighted by Crippen LogP contribution is 2.18. The molecule has 2 nitrogen and oxygen atoms in total. The number of pyridine rings is 1. The lowest BCUT2D eigenvalue weighted by Gasteiger charge is -2.08. The van der Waals surface area contributed by atoms with E-state index < -0.39 is 0 Å². The Morgan fingerprint density at radius 2 is 2.25 bits per heavy atom. The predicted octanol–water partition coefficient (Wildman–Crippen LogP) is 2.29. The zero-order chi connectivity index (χ0) is 8.97. The number of nitrogens with zero attached hydrogens (tertiary/aromatic N) is 1. The quantitative estimate of drug-likeness (QED) is 0.685. The number of rotatable bonds is 3. The molecule has 1 aromatic heterocycles. The minimum absolute atomic E-state index is 0.642. The van der Waals surface area contributed by atoms with Crippen LogP contribution in [-0.2, 0) is 6.42 Å². The van der Waals surface area contributed by atoms with Gasteiger partial charge in [-0.3, -0.25) is 4.98 Å². The maximum absolute atomic E-state index is 5.21. The Morgan fingerprint density at radius 1 is 1.50 bits per heavy atom. The molecule has 2 heteroatoms. The zero-order valence-electron chi connectivity index (χ0n) is 7.87. The molecular weight excluding hydrogens is 150 g/mol. The Hall–Kier alpha value is -1.05. The van der Waals surface area contributed by atoms with Gasteiger partial charge in [-0.25, -0.2) is 0 Å². The van der Waals surface area contributed by atoms with Crippen LogP contribution in [0.5, 0.6) is 5.75 Å². The molecule has 0 atom stereocenters. The van der Waals surface area contributed by atoms with Crippen molar-refractivity contribution in [1.29, 1.82) is 0 Å². The topological polar surface area (TPSA) is 22.1 Å². The minimum atomic E-state index is 0.642. The van der Waals surface area contributed by atoms with Crippen molar-refractivity contribution in [3.63, 3.8) is 0 Å². The molecule has 0 saturated carbocycles. The Kier molecular flexibility index (Phi) is 3.09. The Morgan fingerprint density at radius 3 is 2.83 bits per heavy atom. The number of hydrogen-bond donors (Lipinski definition) is 0. The zero-order valence-corrected chi connectivity index (χ0v) is 7.87. The van der Waals surface area contributed by atoms with Crippen molar-refractivity contribution >= 4 is 0 Å². The second-order valence-corrected chi connectivity index (χ2v) is 3.29. The van der Waals surface area contributed by atoms with Crippen LogP contribution in [-0.4, -0.2) is 12.1 Å². The molecule has 1 aromatic rings. The molecule has 1 heterocycles. The molecule has 0 aromatic carbocycles. The summed E-state index contributed by atoms with van der Waals surface area (Å²) in [5.74, 6) is 1.58. The van der Waals surface area contributed by atoms with Gasteiger partial charge in [0.1, 0.15) is 5.75 Å². The third-order valence-electron chi connectivity index (χ3n) is 1.71. The van der Waals surface area contributed by atoms with Crippen LogP contribution in [0, 0.1) is 5.92 Å². The summed E-state index contributed by atoms with van der Waals surface area (Å²) in [4.78, 5) is 4.07. The molecular formula is C10H15NO. The second-order valence-electron chi connectivity index (χ2n) is 3.29. The maximum Gasteiger partial charge on any atom is 0.125 e. The smallest absolute Gasteiger partial charge is 0.125 e. The van der Waals surface area contributed by atoms with Crippen molar-refractivity contribution in [3.05, 3.63) is 24.0 Å². The molecule has 0 fully saturated rings. The van der Waals surface area contributed by atoms with E-state index in [1.54, 1.807) is 13.3 Å². The summed E-state index contributed by atoms with van der Waals surface area (Å²) in [7, 11) is 1.69. The van der Waals surface area contributed by atoms with Crippen LogP contribution in [0.2, 0.25) is 0 Å². The van der Waals surface area contributed by atoms with Gasteiger partial charge in [-0.15, -0.1) is 0 Å². The van der Waals surface area contributed by atoms with Crippen molar-refractivity contribution in [2.75, 3.05) is 7.11 Å². The van der Waals surface area contributed by atoms with Crippen molar-refractivity contribution in [1.82, 2.24) is 4.98 Å². The lowest BCUT2D eigenvalue weighted by molar-refractivity contribution is 0.406. The fourth-order valence-electron chi connectivity index (χ4n) is 1.21. The third kappa shape index (κ3) is 2.22. The van der Waals surface area contributed by atoms with E-state index in [-0.39, 0.29) is 0 Å². The lowest BCUT2D eigenvalue weighted by Crippen LogP contribution is -1.98. The van der Waals surface area contributed by atoms with Crippen LogP contribution in [0.15, 0.2) is 18.5 Å². The number of methoxy groups -OCH3 is 1. The van der Waals surface area contributed by atoms with Crippen LogP contribution in [0.3, 0.4) is 0 Å². The first-order valence-electron chi connectivity index (χ1n) is 4.21. The van der Waals surface area contributed by atoms with E-state index in [0.717, 1.165) is 12.2 Å². The van der Waals surface area contributed by atoms with E-state index in [1.807, 2.05) is 12.3 Å². The minimum Gasteiger partial charge on any atom is -0.496 e. The SMILES string of the molecule is COc1ccncc1CC(C)C. The van der Waals surface area contributed by atoms with E-state index in [9.17, 15) is 0 Å². The van der Waals surface area contributed by atoms with Crippen molar-refractivity contribution in [3.8, 4) is 5.75 Å². The van der Waals surface area contributed by atoms with Gasteiger partial charge in [-0.1, -0.05) is 13.8 Å². The van der Waals surface area contributed by atoms with E-state index in [2.05, 4.69) is 18.8 Å². The van der Waals surface area contributed by atoms with Gasteiger partial charge in [0.25, 0.3) is 0 Å². The Labute approximate surface area is 73.6 Å². The first-order valence-corrected chi connectivity index (χ1v) is 4.21. The largest absolute Gasteiger partial charge is 0.496 e. The summed E-state index contributed by atoms with van der Waals surface area (Å²) in [6, 6.07) is 1.90. The summed E-state index contributed by atoms with van der Waals surface area (Å²) in [5, 5.41) is 0. The molecule has 0 aliphatic heterocycles. The number of aromatic nitrogens is 1. The lowest BCUT2D eigenvalue weighted by atomic mass is 10.0. The van der Waals surface area contributed by atoms with Gasteiger partial charge in [0.2, 0.25) is 0 Å². The molecule has 66 valence electrons. The fraction of sp³-hybridized carbons (Fsp3) is 0.500. The van der Waals surface area contributed by atoms with E-state index >= 15 is 0 Å². The van der Waals surface area contributed by atoms with E-state index in [1.165, 1.54) is 5.56 Å². The molecule has 0 bridgehead atoms. The summed E-state index contributed by atoms with van der Waals surface area (Å²) in [6.07, 6.45) is 4.65. The highest BCUT2D eigenvalue weighted by molar-refractivity contribution is 5.30. The van der Waals surface area contributed by atoms with Gasteiger partial charge in [0, 0.05) is 18.0 Å². The Balaban J connectivity index is 2.82. The highest BCUT2D eigenvalue weighted by Gasteiger charge is 2.03. The third-order valence-corrected chi connectivity index (χ3v) is 1.71. The summed E-state index contributed by atoms with van der Waals surface area (Å²) >= 11 is 0. The summed E-state index contributed by atoms with van der Waals surface area (Å²) in [6.45, 7) is 4.37. The molecule has 0 N–H and O–H groups in total. The standard InChI is InChI=1S/C10H15NO/c1-8(2)6-9-7-11-5-4-10(9)12-3/h4-5,7-8H,6H2,1-3H3.